The minimum atomic E-state index is 0.965. The molecule has 0 aromatic carbocycles. The lowest BCUT2D eigenvalue weighted by molar-refractivity contribution is 0.242. The number of rotatable bonds is 1. The van der Waals surface area contributed by atoms with Crippen molar-refractivity contribution >= 4 is 0 Å². The van der Waals surface area contributed by atoms with Crippen LogP contribution in [0.4, 0.5) is 0 Å². The Kier molecular flexibility index (Phi) is 2.17. The minimum Gasteiger partial charge on any atom is -0.300 e. The summed E-state index contributed by atoms with van der Waals surface area (Å²) in [6.45, 7) is 5.17. The van der Waals surface area contributed by atoms with Gasteiger partial charge in [0.15, 0.2) is 0 Å². The summed E-state index contributed by atoms with van der Waals surface area (Å²) in [5, 5.41) is 0. The summed E-state index contributed by atoms with van der Waals surface area (Å²) >= 11 is 0. The van der Waals surface area contributed by atoms with Crippen LogP contribution in [0.1, 0.15) is 39.0 Å². The molecule has 1 unspecified atom stereocenters. The fraction of sp³-hybridized carbons (Fsp3) is 1.00. The molecule has 2 atom stereocenters. The Morgan fingerprint density at radius 3 is 2.36 bits per heavy atom. The van der Waals surface area contributed by atoms with E-state index in [1.807, 2.05) is 0 Å². The van der Waals surface area contributed by atoms with E-state index in [-0.39, 0.29) is 0 Å². The van der Waals surface area contributed by atoms with E-state index >= 15 is 0 Å². The second kappa shape index (κ2) is 3.14. The summed E-state index contributed by atoms with van der Waals surface area (Å²) < 4.78 is 0. The SMILES string of the molecule is C[C@@H]1CCC(N2CCCC2)C1. The Morgan fingerprint density at radius 2 is 1.82 bits per heavy atom. The van der Waals surface area contributed by atoms with Crippen molar-refractivity contribution in [2.45, 2.75) is 45.1 Å². The smallest absolute Gasteiger partial charge is 0.00978 e. The highest BCUT2D eigenvalue weighted by Gasteiger charge is 2.27. The van der Waals surface area contributed by atoms with Gasteiger partial charge in [-0.3, -0.25) is 0 Å². The predicted octanol–water partition coefficient (Wildman–Crippen LogP) is 2.27. The molecule has 0 radical (unpaired) electrons. The molecule has 11 heavy (non-hydrogen) atoms. The topological polar surface area (TPSA) is 3.24 Å². The van der Waals surface area contributed by atoms with Crippen LogP contribution in [0, 0.1) is 5.92 Å². The van der Waals surface area contributed by atoms with Gasteiger partial charge >= 0.3 is 0 Å². The highest BCUT2D eigenvalue weighted by atomic mass is 15.2. The molecule has 1 heteroatoms. The van der Waals surface area contributed by atoms with Crippen LogP contribution in [0.15, 0.2) is 0 Å². The van der Waals surface area contributed by atoms with Crippen LogP contribution >= 0.6 is 0 Å². The number of hydrogen-bond acceptors (Lipinski definition) is 1. The van der Waals surface area contributed by atoms with Gasteiger partial charge in [-0.15, -0.1) is 0 Å². The van der Waals surface area contributed by atoms with Gasteiger partial charge in [-0.2, -0.15) is 0 Å². The quantitative estimate of drug-likeness (QED) is 0.558. The molecule has 0 bridgehead atoms. The summed E-state index contributed by atoms with van der Waals surface area (Å²) in [6.07, 6.45) is 7.32. The van der Waals surface area contributed by atoms with Crippen LogP contribution in [0.5, 0.6) is 0 Å². The summed E-state index contributed by atoms with van der Waals surface area (Å²) in [6, 6.07) is 0.965. The molecule has 0 aromatic heterocycles. The molecule has 1 aliphatic heterocycles. The van der Waals surface area contributed by atoms with Crippen LogP contribution in [0.3, 0.4) is 0 Å². The molecule has 1 aliphatic carbocycles. The molecule has 0 spiro atoms. The molecule has 0 amide bonds. The Morgan fingerprint density at radius 1 is 1.09 bits per heavy atom. The van der Waals surface area contributed by atoms with E-state index < -0.39 is 0 Å². The summed E-state index contributed by atoms with van der Waals surface area (Å²) in [4.78, 5) is 2.71. The van der Waals surface area contributed by atoms with E-state index in [1.54, 1.807) is 0 Å². The predicted molar refractivity (Wildman–Crippen MR) is 47.6 cm³/mol. The first-order valence-electron chi connectivity index (χ1n) is 5.10. The van der Waals surface area contributed by atoms with Crippen molar-refractivity contribution in [3.05, 3.63) is 0 Å². The average molecular weight is 153 g/mol. The van der Waals surface area contributed by atoms with Crippen molar-refractivity contribution in [3.63, 3.8) is 0 Å². The molecule has 1 saturated heterocycles. The maximum Gasteiger partial charge on any atom is 0.00978 e. The third kappa shape index (κ3) is 1.58. The van der Waals surface area contributed by atoms with Crippen molar-refractivity contribution in [3.8, 4) is 0 Å². The van der Waals surface area contributed by atoms with Crippen LogP contribution in [-0.4, -0.2) is 24.0 Å². The Bertz CT molecular complexity index is 127. The second-order valence-electron chi connectivity index (χ2n) is 4.32. The first-order chi connectivity index (χ1) is 5.36. The second-order valence-corrected chi connectivity index (χ2v) is 4.32. The molecular weight excluding hydrogens is 134 g/mol. The van der Waals surface area contributed by atoms with Gasteiger partial charge in [-0.25, -0.2) is 0 Å². The normalized spacial score (nSPS) is 40.1. The highest BCUT2D eigenvalue weighted by Crippen LogP contribution is 2.30. The minimum absolute atomic E-state index is 0.965. The summed E-state index contributed by atoms with van der Waals surface area (Å²) in [7, 11) is 0. The van der Waals surface area contributed by atoms with Gasteiger partial charge in [0.2, 0.25) is 0 Å². The molecule has 64 valence electrons. The number of likely N-dealkylation sites (tertiary alicyclic amines) is 1. The van der Waals surface area contributed by atoms with Gasteiger partial charge in [0.25, 0.3) is 0 Å². The first kappa shape index (κ1) is 7.60. The van der Waals surface area contributed by atoms with Crippen LogP contribution in [0.25, 0.3) is 0 Å². The van der Waals surface area contributed by atoms with E-state index in [4.69, 9.17) is 0 Å². The summed E-state index contributed by atoms with van der Waals surface area (Å²) in [5.74, 6) is 1.00. The molecular formula is C10H19N. The fourth-order valence-corrected chi connectivity index (χ4v) is 2.62. The van der Waals surface area contributed by atoms with E-state index in [9.17, 15) is 0 Å². The van der Waals surface area contributed by atoms with Gasteiger partial charge in [0.05, 0.1) is 0 Å². The fourth-order valence-electron chi connectivity index (χ4n) is 2.62. The standard InChI is InChI=1S/C10H19N/c1-9-4-5-10(8-9)11-6-2-3-7-11/h9-10H,2-8H2,1H3/t9-,10?/m1/s1. The molecule has 0 aromatic rings. The van der Waals surface area contributed by atoms with Gasteiger partial charge in [-0.05, 0) is 51.1 Å². The third-order valence-corrected chi connectivity index (χ3v) is 3.32. The lowest BCUT2D eigenvalue weighted by Gasteiger charge is -2.22. The molecule has 2 aliphatic rings. The van der Waals surface area contributed by atoms with Crippen molar-refractivity contribution < 1.29 is 0 Å². The lowest BCUT2D eigenvalue weighted by atomic mass is 10.1. The monoisotopic (exact) mass is 153 g/mol. The van der Waals surface area contributed by atoms with E-state index in [2.05, 4.69) is 11.8 Å². The average Bonchev–Trinajstić information content (AvgIpc) is 2.55. The van der Waals surface area contributed by atoms with Gasteiger partial charge < -0.3 is 4.90 Å². The van der Waals surface area contributed by atoms with Gasteiger partial charge in [-0.1, -0.05) is 6.92 Å². The summed E-state index contributed by atoms with van der Waals surface area (Å²) in [5.41, 5.74) is 0. The van der Waals surface area contributed by atoms with Crippen molar-refractivity contribution in [2.75, 3.05) is 13.1 Å². The molecule has 1 nitrogen and oxygen atoms in total. The lowest BCUT2D eigenvalue weighted by Crippen LogP contribution is -2.30. The van der Waals surface area contributed by atoms with Crippen LogP contribution in [0.2, 0.25) is 0 Å². The largest absolute Gasteiger partial charge is 0.300 e. The molecule has 1 saturated carbocycles. The Balaban J connectivity index is 1.85. The van der Waals surface area contributed by atoms with E-state index in [0.29, 0.717) is 0 Å². The zero-order valence-electron chi connectivity index (χ0n) is 7.55. The maximum atomic E-state index is 2.71. The van der Waals surface area contributed by atoms with E-state index in [0.717, 1.165) is 12.0 Å². The van der Waals surface area contributed by atoms with Crippen molar-refractivity contribution in [1.29, 1.82) is 0 Å². The van der Waals surface area contributed by atoms with Crippen molar-refractivity contribution in [2.24, 2.45) is 5.92 Å². The third-order valence-electron chi connectivity index (χ3n) is 3.32. The van der Waals surface area contributed by atoms with Gasteiger partial charge in [0.1, 0.15) is 0 Å². The van der Waals surface area contributed by atoms with Crippen molar-refractivity contribution in [1.82, 2.24) is 4.90 Å². The number of hydrogen-bond donors (Lipinski definition) is 0. The highest BCUT2D eigenvalue weighted by molar-refractivity contribution is 4.83. The van der Waals surface area contributed by atoms with E-state index in [1.165, 1.54) is 45.2 Å². The first-order valence-corrected chi connectivity index (χ1v) is 5.10. The number of nitrogens with zero attached hydrogens (tertiary/aromatic N) is 1. The van der Waals surface area contributed by atoms with Gasteiger partial charge in [0, 0.05) is 6.04 Å². The zero-order chi connectivity index (χ0) is 7.68. The molecule has 2 fully saturated rings. The maximum absolute atomic E-state index is 2.71. The molecule has 2 rings (SSSR count). The zero-order valence-corrected chi connectivity index (χ0v) is 7.55. The van der Waals surface area contributed by atoms with Crippen LogP contribution in [-0.2, 0) is 0 Å². The Hall–Kier alpha value is -0.0400. The van der Waals surface area contributed by atoms with Crippen LogP contribution < -0.4 is 0 Å². The molecule has 1 heterocycles. The Labute approximate surface area is 69.8 Å². The molecule has 0 N–H and O–H groups in total.